The maximum atomic E-state index is 6.37. The van der Waals surface area contributed by atoms with E-state index in [9.17, 15) is 0 Å². The Morgan fingerprint density at radius 1 is 0.315 bits per heavy atom. The van der Waals surface area contributed by atoms with Gasteiger partial charge in [0.2, 0.25) is 11.8 Å². The summed E-state index contributed by atoms with van der Waals surface area (Å²) in [5.74, 6) is 1.26. The molecule has 0 spiro atoms. The summed E-state index contributed by atoms with van der Waals surface area (Å²) in [5, 5.41) is 4.90. The molecule has 1 aliphatic carbocycles. The number of oxazole rings is 2. The molecule has 6 heteroatoms. The third-order valence-electron chi connectivity index (χ3n) is 16.7. The van der Waals surface area contributed by atoms with E-state index < -0.39 is 0 Å². The van der Waals surface area contributed by atoms with Crippen molar-refractivity contribution in [3.63, 3.8) is 0 Å². The smallest absolute Gasteiger partial charge is 0.227 e. The number of para-hydroxylation sites is 6. The van der Waals surface area contributed by atoms with Crippen molar-refractivity contribution in [1.29, 1.82) is 0 Å². The minimum atomic E-state index is -0.384. The van der Waals surface area contributed by atoms with Gasteiger partial charge in [-0.2, -0.15) is 0 Å². The molecule has 0 atom stereocenters. The van der Waals surface area contributed by atoms with E-state index in [4.69, 9.17) is 18.8 Å². The van der Waals surface area contributed by atoms with Gasteiger partial charge in [0.1, 0.15) is 11.0 Å². The Morgan fingerprint density at radius 3 is 1.11 bits per heavy atom. The van der Waals surface area contributed by atoms with Gasteiger partial charge in [-0.25, -0.2) is 9.97 Å². The van der Waals surface area contributed by atoms with Gasteiger partial charge >= 0.3 is 0 Å². The first-order chi connectivity index (χ1) is 35.5. The van der Waals surface area contributed by atoms with Gasteiger partial charge in [0.05, 0.1) is 34.1 Å². The predicted molar refractivity (Wildman–Crippen MR) is 299 cm³/mol. The Bertz CT molecular complexity index is 4000. The zero-order valence-electron chi connectivity index (χ0n) is 41.6. The number of anilines is 6. The molecule has 10 aromatic carbocycles. The summed E-state index contributed by atoms with van der Waals surface area (Å²) in [5.41, 5.74) is 21.4. The van der Waals surface area contributed by atoms with Crippen LogP contribution in [-0.2, 0) is 16.2 Å². The van der Waals surface area contributed by atoms with Gasteiger partial charge in [0, 0.05) is 38.1 Å². The lowest BCUT2D eigenvalue weighted by Gasteiger charge is -2.43. The van der Waals surface area contributed by atoms with Crippen LogP contribution in [-0.4, -0.2) is 9.97 Å². The number of aromatic nitrogens is 2. The molecular weight excluding hydrogens is 893 g/mol. The molecule has 0 saturated carbocycles. The lowest BCUT2D eigenvalue weighted by molar-refractivity contribution is 0.615. The summed E-state index contributed by atoms with van der Waals surface area (Å²) in [6, 6.07) is 70.6. The zero-order chi connectivity index (χ0) is 49.1. The molecule has 0 unspecified atom stereocenters. The average Bonchev–Trinajstić information content (AvgIpc) is 4.12. The molecule has 0 radical (unpaired) electrons. The van der Waals surface area contributed by atoms with Crippen molar-refractivity contribution in [1.82, 2.24) is 9.97 Å². The fourth-order valence-corrected chi connectivity index (χ4v) is 12.9. The predicted octanol–water partition coefficient (Wildman–Crippen LogP) is 18.1. The van der Waals surface area contributed by atoms with E-state index in [1.54, 1.807) is 0 Å². The summed E-state index contributed by atoms with van der Waals surface area (Å²) < 4.78 is 12.7. The molecular formula is C67H50N4O2. The second-order valence-electron chi connectivity index (χ2n) is 21.7. The molecule has 2 aromatic heterocycles. The van der Waals surface area contributed by atoms with Crippen LogP contribution in [0.5, 0.6) is 0 Å². The summed E-state index contributed by atoms with van der Waals surface area (Å²) in [6.07, 6.45) is 0. The summed E-state index contributed by atoms with van der Waals surface area (Å²) in [7, 11) is 0. The summed E-state index contributed by atoms with van der Waals surface area (Å²) in [4.78, 5) is 14.9. The minimum absolute atomic E-state index is 0.311. The number of hydrogen-bond acceptors (Lipinski definition) is 6. The molecule has 2 aliphatic heterocycles. The molecule has 0 bridgehead atoms. The third kappa shape index (κ3) is 5.75. The Hall–Kier alpha value is -8.74. The Kier molecular flexibility index (Phi) is 8.44. The van der Waals surface area contributed by atoms with Crippen LogP contribution in [0.1, 0.15) is 74.9 Å². The quantitative estimate of drug-likeness (QED) is 0.175. The molecule has 12 aromatic rings. The van der Waals surface area contributed by atoms with Crippen LogP contribution in [0.25, 0.3) is 77.8 Å². The van der Waals surface area contributed by atoms with Crippen LogP contribution in [0.2, 0.25) is 0 Å². The average molecular weight is 943 g/mol. The molecule has 3 aliphatic rings. The van der Waals surface area contributed by atoms with Crippen molar-refractivity contribution < 1.29 is 8.83 Å². The second-order valence-corrected chi connectivity index (χ2v) is 21.7. The molecule has 4 heterocycles. The highest BCUT2D eigenvalue weighted by Gasteiger charge is 2.44. The molecule has 0 N–H and O–H groups in total. The van der Waals surface area contributed by atoms with E-state index in [0.29, 0.717) is 11.8 Å². The Balaban J connectivity index is 0.939. The normalized spacial score (nSPS) is 15.5. The van der Waals surface area contributed by atoms with E-state index in [-0.39, 0.29) is 16.2 Å². The van der Waals surface area contributed by atoms with Gasteiger partial charge in [-0.1, -0.05) is 151 Å². The van der Waals surface area contributed by atoms with Gasteiger partial charge in [-0.05, 0) is 140 Å². The standard InChI is InChI=1S/C67H50N4O2/c1-65(2)45-23-11-15-27-53(45)70(55-33-31-39(35-47(55)65)63-68-51-25-13-17-29-59(51)72-63)57-37-49-61(43-21-9-7-19-41(43)57)62-44-22-10-8-20-42(44)58(38-50(62)67(49,5)6)71-54-28-16-12-24-46(54)66(3,4)48-36-40(32-34-56(48)71)64-69-52-26-14-18-30-60(52)73-64/h7-38H,1-6H3. The van der Waals surface area contributed by atoms with Gasteiger partial charge in [-0.15, -0.1) is 0 Å². The molecule has 6 nitrogen and oxygen atoms in total. The van der Waals surface area contributed by atoms with E-state index >= 15 is 0 Å². The summed E-state index contributed by atoms with van der Waals surface area (Å²) in [6.45, 7) is 14.2. The van der Waals surface area contributed by atoms with Crippen molar-refractivity contribution in [2.24, 2.45) is 0 Å². The van der Waals surface area contributed by atoms with Crippen LogP contribution < -0.4 is 9.80 Å². The van der Waals surface area contributed by atoms with Crippen molar-refractivity contribution in [3.8, 4) is 34.0 Å². The highest BCUT2D eigenvalue weighted by atomic mass is 16.4. The molecule has 0 fully saturated rings. The first-order valence-corrected chi connectivity index (χ1v) is 25.4. The first-order valence-electron chi connectivity index (χ1n) is 25.4. The fraction of sp³-hybridized carbons (Fsp3) is 0.134. The number of nitrogens with zero attached hydrogens (tertiary/aromatic N) is 4. The van der Waals surface area contributed by atoms with Crippen LogP contribution in [0.3, 0.4) is 0 Å². The number of hydrogen-bond donors (Lipinski definition) is 0. The number of rotatable bonds is 4. The minimum Gasteiger partial charge on any atom is -0.436 e. The SMILES string of the molecule is CC1(C)c2ccccc2N(c2cc3c(c4ccccc24)-c2c(cc(N4c5ccccc5C(C)(C)c5cc(-c6nc7ccccc7o6)ccc54)c4ccccc24)C3(C)C)c2ccc(-c3nc4ccccc4o3)cc21. The third-order valence-corrected chi connectivity index (χ3v) is 16.7. The van der Waals surface area contributed by atoms with Gasteiger partial charge in [0.15, 0.2) is 11.2 Å². The maximum Gasteiger partial charge on any atom is 0.227 e. The van der Waals surface area contributed by atoms with Gasteiger partial charge in [-0.3, -0.25) is 0 Å². The second kappa shape index (κ2) is 14.7. The molecule has 0 saturated heterocycles. The van der Waals surface area contributed by atoms with Crippen LogP contribution in [0, 0.1) is 0 Å². The Labute approximate surface area is 423 Å². The Morgan fingerprint density at radius 2 is 0.671 bits per heavy atom. The number of benzene rings is 10. The van der Waals surface area contributed by atoms with Gasteiger partial charge in [0.25, 0.3) is 0 Å². The lowest BCUT2D eigenvalue weighted by atomic mass is 9.73. The first kappa shape index (κ1) is 42.0. The zero-order valence-corrected chi connectivity index (χ0v) is 41.6. The van der Waals surface area contributed by atoms with E-state index in [1.165, 1.54) is 77.4 Å². The van der Waals surface area contributed by atoms with Crippen molar-refractivity contribution >= 4 is 77.9 Å². The number of fused-ring (bicyclic) bond motifs is 13. The van der Waals surface area contributed by atoms with Crippen molar-refractivity contribution in [2.75, 3.05) is 9.80 Å². The summed E-state index contributed by atoms with van der Waals surface area (Å²) >= 11 is 0. The largest absolute Gasteiger partial charge is 0.436 e. The van der Waals surface area contributed by atoms with Crippen molar-refractivity contribution in [2.45, 2.75) is 57.8 Å². The van der Waals surface area contributed by atoms with Crippen LogP contribution >= 0.6 is 0 Å². The van der Waals surface area contributed by atoms with E-state index in [0.717, 1.165) is 56.1 Å². The van der Waals surface area contributed by atoms with E-state index in [2.05, 4.69) is 197 Å². The lowest BCUT2D eigenvalue weighted by Crippen LogP contribution is -2.31. The molecule has 15 rings (SSSR count). The monoisotopic (exact) mass is 942 g/mol. The molecule has 0 amide bonds. The fourth-order valence-electron chi connectivity index (χ4n) is 12.9. The van der Waals surface area contributed by atoms with Crippen molar-refractivity contribution in [3.05, 3.63) is 228 Å². The van der Waals surface area contributed by atoms with Gasteiger partial charge < -0.3 is 18.6 Å². The topological polar surface area (TPSA) is 58.5 Å². The van der Waals surface area contributed by atoms with Crippen LogP contribution in [0.15, 0.2) is 203 Å². The highest BCUT2D eigenvalue weighted by Crippen LogP contribution is 2.62. The van der Waals surface area contributed by atoms with E-state index in [1.807, 2.05) is 48.5 Å². The maximum absolute atomic E-state index is 6.37. The van der Waals surface area contributed by atoms with Crippen LogP contribution in [0.4, 0.5) is 34.1 Å². The molecule has 73 heavy (non-hydrogen) atoms. The highest BCUT2D eigenvalue weighted by molar-refractivity contribution is 6.18. The molecule has 350 valence electrons.